The molecule has 5 rings (SSSR count). The van der Waals surface area contributed by atoms with Gasteiger partial charge in [0.2, 0.25) is 5.91 Å². The Morgan fingerprint density at radius 2 is 1.71 bits per heavy atom. The molecule has 5 saturated carbocycles. The highest BCUT2D eigenvalue weighted by molar-refractivity contribution is 9.10. The van der Waals surface area contributed by atoms with Crippen LogP contribution in [0.4, 0.5) is 0 Å². The van der Waals surface area contributed by atoms with Crippen LogP contribution in [0.5, 0.6) is 0 Å². The van der Waals surface area contributed by atoms with Gasteiger partial charge in [0.1, 0.15) is 0 Å². The number of hydrogen-bond donors (Lipinski definition) is 1. The Labute approximate surface area is 136 Å². The lowest BCUT2D eigenvalue weighted by Gasteiger charge is -2.60. The molecule has 0 spiro atoms. The zero-order valence-corrected chi connectivity index (χ0v) is 14.6. The second-order valence-electron chi connectivity index (χ2n) is 8.69. The average Bonchev–Trinajstić information content (AvgIpc) is 2.35. The van der Waals surface area contributed by atoms with Crippen LogP contribution in [0.15, 0.2) is 0 Å². The zero-order valence-electron chi connectivity index (χ0n) is 13.0. The molecular weight excluding hydrogens is 326 g/mol. The van der Waals surface area contributed by atoms with Crippen LogP contribution in [0.3, 0.4) is 0 Å². The van der Waals surface area contributed by atoms with E-state index in [0.717, 1.165) is 18.3 Å². The van der Waals surface area contributed by atoms with E-state index in [-0.39, 0.29) is 0 Å². The number of nitrogens with one attached hydrogen (secondary N) is 1. The first-order valence-corrected chi connectivity index (χ1v) is 9.82. The minimum Gasteiger partial charge on any atom is -0.353 e. The summed E-state index contributed by atoms with van der Waals surface area (Å²) in [6, 6.07) is 0.470. The maximum absolute atomic E-state index is 12.6. The third-order valence-corrected chi connectivity index (χ3v) is 7.54. The molecule has 0 heterocycles. The van der Waals surface area contributed by atoms with Crippen molar-refractivity contribution in [3.63, 3.8) is 0 Å². The van der Waals surface area contributed by atoms with Crippen molar-refractivity contribution in [2.75, 3.05) is 0 Å². The van der Waals surface area contributed by atoms with E-state index in [2.05, 4.69) is 21.2 Å². The predicted octanol–water partition coefficient (Wildman–Crippen LogP) is 4.56. The van der Waals surface area contributed by atoms with Gasteiger partial charge in [-0.15, -0.1) is 0 Å². The fourth-order valence-corrected chi connectivity index (χ4v) is 7.92. The van der Waals surface area contributed by atoms with Gasteiger partial charge in [-0.1, -0.05) is 35.2 Å². The van der Waals surface area contributed by atoms with E-state index < -0.39 is 0 Å². The minimum atomic E-state index is 0.326. The summed E-state index contributed by atoms with van der Waals surface area (Å²) >= 11 is 4.05. The van der Waals surface area contributed by atoms with E-state index in [9.17, 15) is 4.79 Å². The van der Waals surface area contributed by atoms with E-state index in [4.69, 9.17) is 0 Å². The fourth-order valence-electron chi connectivity index (χ4n) is 6.41. The van der Waals surface area contributed by atoms with E-state index >= 15 is 0 Å². The molecule has 2 nitrogen and oxygen atoms in total. The smallest absolute Gasteiger partial charge is 0.220 e. The Morgan fingerprint density at radius 1 is 1.05 bits per heavy atom. The summed E-state index contributed by atoms with van der Waals surface area (Å²) in [4.78, 5) is 12.6. The first-order valence-electron chi connectivity index (χ1n) is 9.03. The molecule has 0 aromatic rings. The monoisotopic (exact) mass is 353 g/mol. The van der Waals surface area contributed by atoms with E-state index in [1.54, 1.807) is 0 Å². The topological polar surface area (TPSA) is 29.1 Å². The molecule has 0 radical (unpaired) electrons. The first-order chi connectivity index (χ1) is 10.0. The quantitative estimate of drug-likeness (QED) is 0.740. The molecule has 4 bridgehead atoms. The lowest BCUT2D eigenvalue weighted by atomic mass is 9.48. The standard InChI is InChI=1S/C18H28BrNO/c19-18-9-13-6-14(10-18)8-17(7-13,12-18)11-16(21)20-15-4-2-1-3-5-15/h13-15H,1-12H2,(H,20,21). The number of amides is 1. The fraction of sp³-hybridized carbons (Fsp3) is 0.944. The summed E-state index contributed by atoms with van der Waals surface area (Å²) in [5.41, 5.74) is 0.326. The third-order valence-electron chi connectivity index (χ3n) is 6.62. The number of alkyl halides is 1. The zero-order chi connectivity index (χ0) is 14.5. The molecule has 5 aliphatic rings. The van der Waals surface area contributed by atoms with Crippen LogP contribution >= 0.6 is 15.9 Å². The van der Waals surface area contributed by atoms with Gasteiger partial charge in [-0.2, -0.15) is 0 Å². The molecule has 1 N–H and O–H groups in total. The molecule has 0 aromatic carbocycles. The summed E-state index contributed by atoms with van der Waals surface area (Å²) in [5, 5.41) is 3.35. The van der Waals surface area contributed by atoms with Crippen LogP contribution in [-0.2, 0) is 4.79 Å². The van der Waals surface area contributed by atoms with Crippen molar-refractivity contribution in [1.29, 1.82) is 0 Å². The van der Waals surface area contributed by atoms with Crippen molar-refractivity contribution in [2.24, 2.45) is 17.3 Å². The van der Waals surface area contributed by atoms with Crippen LogP contribution in [-0.4, -0.2) is 16.3 Å². The molecular formula is C18H28BrNO. The third kappa shape index (κ3) is 2.92. The average molecular weight is 354 g/mol. The number of carbonyl (C=O) groups is 1. The van der Waals surface area contributed by atoms with Crippen LogP contribution < -0.4 is 5.32 Å². The number of hydrogen-bond acceptors (Lipinski definition) is 1. The largest absolute Gasteiger partial charge is 0.353 e. The minimum absolute atomic E-state index is 0.326. The summed E-state index contributed by atoms with van der Waals surface area (Å²) in [6.45, 7) is 0. The van der Waals surface area contributed by atoms with Gasteiger partial charge in [-0.05, 0) is 68.6 Å². The Kier molecular flexibility index (Phi) is 3.63. The molecule has 21 heavy (non-hydrogen) atoms. The number of rotatable bonds is 3. The van der Waals surface area contributed by atoms with Crippen molar-refractivity contribution in [1.82, 2.24) is 5.32 Å². The normalized spacial score (nSPS) is 45.8. The summed E-state index contributed by atoms with van der Waals surface area (Å²) in [6.07, 6.45) is 15.2. The molecule has 0 aliphatic heterocycles. The van der Waals surface area contributed by atoms with Crippen LogP contribution in [0.25, 0.3) is 0 Å². The lowest BCUT2D eigenvalue weighted by Crippen LogP contribution is -2.54. The first kappa shape index (κ1) is 14.5. The Hall–Kier alpha value is -0.0500. The second-order valence-corrected chi connectivity index (χ2v) is 10.4. The summed E-state index contributed by atoms with van der Waals surface area (Å²) < 4.78 is 0.377. The molecule has 5 fully saturated rings. The van der Waals surface area contributed by atoms with Gasteiger partial charge in [0.15, 0.2) is 0 Å². The highest BCUT2D eigenvalue weighted by Gasteiger charge is 2.57. The molecule has 2 unspecified atom stereocenters. The van der Waals surface area contributed by atoms with Crippen molar-refractivity contribution >= 4 is 21.8 Å². The maximum Gasteiger partial charge on any atom is 0.220 e. The lowest BCUT2D eigenvalue weighted by molar-refractivity contribution is -0.129. The maximum atomic E-state index is 12.6. The predicted molar refractivity (Wildman–Crippen MR) is 88.4 cm³/mol. The van der Waals surface area contributed by atoms with Crippen LogP contribution in [0.2, 0.25) is 0 Å². The molecule has 2 atom stereocenters. The Morgan fingerprint density at radius 3 is 2.33 bits per heavy atom. The molecule has 118 valence electrons. The van der Waals surface area contributed by atoms with Crippen molar-refractivity contribution in [2.45, 2.75) is 87.4 Å². The molecule has 3 heteroatoms. The van der Waals surface area contributed by atoms with E-state index in [0.29, 0.717) is 21.7 Å². The van der Waals surface area contributed by atoms with Crippen molar-refractivity contribution in [3.05, 3.63) is 0 Å². The van der Waals surface area contributed by atoms with Gasteiger partial charge in [0.25, 0.3) is 0 Å². The second kappa shape index (κ2) is 5.25. The van der Waals surface area contributed by atoms with Crippen molar-refractivity contribution < 1.29 is 4.79 Å². The Bertz CT molecular complexity index is 415. The van der Waals surface area contributed by atoms with Gasteiger partial charge in [0.05, 0.1) is 0 Å². The Balaban J connectivity index is 1.40. The van der Waals surface area contributed by atoms with Gasteiger partial charge in [0, 0.05) is 16.8 Å². The molecule has 0 aromatic heterocycles. The van der Waals surface area contributed by atoms with E-state index in [1.807, 2.05) is 0 Å². The van der Waals surface area contributed by atoms with Crippen LogP contribution in [0, 0.1) is 17.3 Å². The highest BCUT2D eigenvalue weighted by Crippen LogP contribution is 2.65. The summed E-state index contributed by atoms with van der Waals surface area (Å²) in [5.74, 6) is 2.11. The van der Waals surface area contributed by atoms with E-state index in [1.165, 1.54) is 70.6 Å². The van der Waals surface area contributed by atoms with Gasteiger partial charge < -0.3 is 5.32 Å². The van der Waals surface area contributed by atoms with Gasteiger partial charge in [-0.3, -0.25) is 4.79 Å². The number of halogens is 1. The van der Waals surface area contributed by atoms with Gasteiger partial charge >= 0.3 is 0 Å². The van der Waals surface area contributed by atoms with Crippen molar-refractivity contribution in [3.8, 4) is 0 Å². The number of carbonyl (C=O) groups excluding carboxylic acids is 1. The SMILES string of the molecule is O=C(CC12CC3CC(CC(Br)(C3)C1)C2)NC1CCCCC1. The molecule has 1 amide bonds. The summed E-state index contributed by atoms with van der Waals surface area (Å²) in [7, 11) is 0. The van der Waals surface area contributed by atoms with Crippen LogP contribution in [0.1, 0.15) is 77.0 Å². The van der Waals surface area contributed by atoms with Gasteiger partial charge in [-0.25, -0.2) is 0 Å². The molecule has 0 saturated heterocycles. The highest BCUT2D eigenvalue weighted by atomic mass is 79.9. The molecule has 5 aliphatic carbocycles.